The van der Waals surface area contributed by atoms with E-state index < -0.39 is 11.5 Å². The second-order valence-corrected chi connectivity index (χ2v) is 4.72. The van der Waals surface area contributed by atoms with Gasteiger partial charge >= 0.3 is 5.97 Å². The lowest BCUT2D eigenvalue weighted by Crippen LogP contribution is -2.54. The minimum Gasteiger partial charge on any atom is -0.480 e. The zero-order valence-corrected chi connectivity index (χ0v) is 10.4. The fourth-order valence-electron chi connectivity index (χ4n) is 2.02. The molecule has 0 aromatic rings. The standard InChI is InChI=1S/C11H21NO2.ClH/c1-9(2)8-12-11(10(13)14)6-4-3-5-7-11;/h9,12H,3-8H2,1-2H3,(H,13,14);1H. The van der Waals surface area contributed by atoms with Crippen LogP contribution in [-0.2, 0) is 4.79 Å². The van der Waals surface area contributed by atoms with Gasteiger partial charge in [-0.3, -0.25) is 4.79 Å². The van der Waals surface area contributed by atoms with E-state index in [4.69, 9.17) is 0 Å². The van der Waals surface area contributed by atoms with Gasteiger partial charge in [-0.15, -0.1) is 12.4 Å². The van der Waals surface area contributed by atoms with Crippen LogP contribution in [0.1, 0.15) is 46.0 Å². The summed E-state index contributed by atoms with van der Waals surface area (Å²) in [4.78, 5) is 11.2. The lowest BCUT2D eigenvalue weighted by Gasteiger charge is -2.34. The fourth-order valence-corrected chi connectivity index (χ4v) is 2.02. The van der Waals surface area contributed by atoms with E-state index in [-0.39, 0.29) is 12.4 Å². The maximum Gasteiger partial charge on any atom is 0.323 e. The van der Waals surface area contributed by atoms with Gasteiger partial charge in [-0.05, 0) is 25.3 Å². The Balaban J connectivity index is 0.00000196. The van der Waals surface area contributed by atoms with Crippen molar-refractivity contribution in [2.24, 2.45) is 5.92 Å². The zero-order valence-electron chi connectivity index (χ0n) is 9.58. The molecular formula is C11H22ClNO2. The van der Waals surface area contributed by atoms with E-state index in [2.05, 4.69) is 19.2 Å². The van der Waals surface area contributed by atoms with Crippen LogP contribution in [0.2, 0.25) is 0 Å². The smallest absolute Gasteiger partial charge is 0.323 e. The number of nitrogens with one attached hydrogen (secondary N) is 1. The van der Waals surface area contributed by atoms with Crippen LogP contribution in [0.25, 0.3) is 0 Å². The van der Waals surface area contributed by atoms with E-state index in [0.717, 1.165) is 32.2 Å². The molecule has 1 rings (SSSR count). The summed E-state index contributed by atoms with van der Waals surface area (Å²) in [5.41, 5.74) is -0.622. The molecule has 0 atom stereocenters. The Hall–Kier alpha value is -0.280. The Labute approximate surface area is 98.0 Å². The van der Waals surface area contributed by atoms with Crippen molar-refractivity contribution in [2.45, 2.75) is 51.5 Å². The highest BCUT2D eigenvalue weighted by Gasteiger charge is 2.38. The van der Waals surface area contributed by atoms with Gasteiger partial charge in [0, 0.05) is 0 Å². The molecule has 0 radical (unpaired) electrons. The van der Waals surface area contributed by atoms with E-state index in [0.29, 0.717) is 5.92 Å². The first-order valence-corrected chi connectivity index (χ1v) is 5.55. The first kappa shape index (κ1) is 14.7. The molecule has 4 heteroatoms. The van der Waals surface area contributed by atoms with Crippen molar-refractivity contribution in [1.82, 2.24) is 5.32 Å². The number of carbonyl (C=O) groups is 1. The van der Waals surface area contributed by atoms with Gasteiger partial charge in [-0.2, -0.15) is 0 Å². The molecule has 0 saturated heterocycles. The molecule has 3 nitrogen and oxygen atoms in total. The average Bonchev–Trinajstić information content (AvgIpc) is 2.16. The number of hydrogen-bond acceptors (Lipinski definition) is 2. The van der Waals surface area contributed by atoms with E-state index in [9.17, 15) is 9.90 Å². The van der Waals surface area contributed by atoms with Gasteiger partial charge in [-0.1, -0.05) is 33.1 Å². The molecule has 0 heterocycles. The predicted molar refractivity (Wildman–Crippen MR) is 63.5 cm³/mol. The topological polar surface area (TPSA) is 49.3 Å². The number of rotatable bonds is 4. The van der Waals surface area contributed by atoms with Crippen LogP contribution in [0.15, 0.2) is 0 Å². The highest BCUT2D eigenvalue weighted by molar-refractivity contribution is 5.85. The van der Waals surface area contributed by atoms with Crippen molar-refractivity contribution in [3.8, 4) is 0 Å². The van der Waals surface area contributed by atoms with Crippen molar-refractivity contribution in [3.63, 3.8) is 0 Å². The summed E-state index contributed by atoms with van der Waals surface area (Å²) in [6.45, 7) is 5.00. The molecule has 1 fully saturated rings. The highest BCUT2D eigenvalue weighted by Crippen LogP contribution is 2.28. The van der Waals surface area contributed by atoms with Gasteiger partial charge in [0.25, 0.3) is 0 Å². The largest absolute Gasteiger partial charge is 0.480 e. The molecule has 0 spiro atoms. The Morgan fingerprint density at radius 1 is 1.33 bits per heavy atom. The van der Waals surface area contributed by atoms with E-state index in [1.165, 1.54) is 6.42 Å². The molecule has 0 aliphatic heterocycles. The highest BCUT2D eigenvalue weighted by atomic mass is 35.5. The minimum absolute atomic E-state index is 0. The molecule has 1 saturated carbocycles. The van der Waals surface area contributed by atoms with Gasteiger partial charge in [0.15, 0.2) is 0 Å². The summed E-state index contributed by atoms with van der Waals surface area (Å²) in [6.07, 6.45) is 4.83. The Bertz CT molecular complexity index is 201. The predicted octanol–water partition coefficient (Wildman–Crippen LogP) is 2.44. The maximum atomic E-state index is 11.2. The third-order valence-electron chi connectivity index (χ3n) is 2.97. The SMILES string of the molecule is CC(C)CNC1(C(=O)O)CCCCC1.Cl. The summed E-state index contributed by atoms with van der Waals surface area (Å²) in [5, 5.41) is 12.5. The summed E-state index contributed by atoms with van der Waals surface area (Å²) >= 11 is 0. The Morgan fingerprint density at radius 2 is 1.87 bits per heavy atom. The third kappa shape index (κ3) is 3.99. The van der Waals surface area contributed by atoms with Gasteiger partial charge in [0.05, 0.1) is 0 Å². The van der Waals surface area contributed by atoms with Crippen molar-refractivity contribution >= 4 is 18.4 Å². The van der Waals surface area contributed by atoms with Crippen molar-refractivity contribution < 1.29 is 9.90 Å². The summed E-state index contributed by atoms with van der Waals surface area (Å²) < 4.78 is 0. The van der Waals surface area contributed by atoms with Crippen LogP contribution in [0.5, 0.6) is 0 Å². The number of carboxylic acid groups (broad SMARTS) is 1. The van der Waals surface area contributed by atoms with Crippen LogP contribution in [0, 0.1) is 5.92 Å². The Kier molecular flexibility index (Phi) is 6.22. The normalized spacial score (nSPS) is 19.7. The zero-order chi connectivity index (χ0) is 10.6. The summed E-state index contributed by atoms with van der Waals surface area (Å²) in [7, 11) is 0. The van der Waals surface area contributed by atoms with Crippen molar-refractivity contribution in [3.05, 3.63) is 0 Å². The van der Waals surface area contributed by atoms with Crippen LogP contribution < -0.4 is 5.32 Å². The summed E-state index contributed by atoms with van der Waals surface area (Å²) in [6, 6.07) is 0. The first-order valence-electron chi connectivity index (χ1n) is 5.55. The third-order valence-corrected chi connectivity index (χ3v) is 2.97. The first-order chi connectivity index (χ1) is 6.57. The number of carboxylic acids is 1. The quantitative estimate of drug-likeness (QED) is 0.787. The number of halogens is 1. The molecule has 0 bridgehead atoms. The molecule has 0 unspecified atom stereocenters. The Morgan fingerprint density at radius 3 is 2.27 bits per heavy atom. The van der Waals surface area contributed by atoms with Crippen LogP contribution in [0.4, 0.5) is 0 Å². The summed E-state index contributed by atoms with van der Waals surface area (Å²) in [5.74, 6) is -0.161. The monoisotopic (exact) mass is 235 g/mol. The molecule has 1 aliphatic rings. The van der Waals surface area contributed by atoms with Crippen LogP contribution in [-0.4, -0.2) is 23.2 Å². The lowest BCUT2D eigenvalue weighted by molar-refractivity contribution is -0.146. The van der Waals surface area contributed by atoms with Crippen molar-refractivity contribution in [2.75, 3.05) is 6.54 Å². The van der Waals surface area contributed by atoms with Gasteiger partial charge in [0.2, 0.25) is 0 Å². The molecule has 1 aliphatic carbocycles. The molecule has 90 valence electrons. The molecule has 0 aromatic carbocycles. The van der Waals surface area contributed by atoms with Gasteiger partial charge < -0.3 is 10.4 Å². The molecule has 0 amide bonds. The second kappa shape index (κ2) is 6.33. The van der Waals surface area contributed by atoms with Crippen molar-refractivity contribution in [1.29, 1.82) is 0 Å². The van der Waals surface area contributed by atoms with Crippen LogP contribution in [0.3, 0.4) is 0 Å². The second-order valence-electron chi connectivity index (χ2n) is 4.72. The molecule has 15 heavy (non-hydrogen) atoms. The van der Waals surface area contributed by atoms with Gasteiger partial charge in [0.1, 0.15) is 5.54 Å². The molecular weight excluding hydrogens is 214 g/mol. The minimum atomic E-state index is -0.669. The molecule has 2 N–H and O–H groups in total. The average molecular weight is 236 g/mol. The van der Waals surface area contributed by atoms with E-state index in [1.807, 2.05) is 0 Å². The van der Waals surface area contributed by atoms with E-state index >= 15 is 0 Å². The lowest BCUT2D eigenvalue weighted by atomic mass is 9.81. The molecule has 0 aromatic heterocycles. The fraction of sp³-hybridized carbons (Fsp3) is 0.909. The number of hydrogen-bond donors (Lipinski definition) is 2. The van der Waals surface area contributed by atoms with E-state index in [1.54, 1.807) is 0 Å². The van der Waals surface area contributed by atoms with Crippen LogP contribution >= 0.6 is 12.4 Å². The maximum absolute atomic E-state index is 11.2. The van der Waals surface area contributed by atoms with Gasteiger partial charge in [-0.25, -0.2) is 0 Å². The number of aliphatic carboxylic acids is 1.